The molecule has 0 bridgehead atoms. The summed E-state index contributed by atoms with van der Waals surface area (Å²) >= 11 is 3.07. The normalized spacial score (nSPS) is 5.00. The molecule has 0 N–H and O–H groups in total. The monoisotopic (exact) mass is 145 g/mol. The summed E-state index contributed by atoms with van der Waals surface area (Å²) < 4.78 is 0. The molecule has 1 radical (unpaired) electrons. The van der Waals surface area contributed by atoms with E-state index in [1.165, 1.54) is 0 Å². The van der Waals surface area contributed by atoms with Crippen LogP contribution in [0.25, 0.3) is 0 Å². The molecule has 0 fully saturated rings. The van der Waals surface area contributed by atoms with Crippen molar-refractivity contribution in [1.29, 1.82) is 0 Å². The zero-order chi connectivity index (χ0) is 3.41. The minimum absolute atomic E-state index is 0. The average molecular weight is 146 g/mol. The van der Waals surface area contributed by atoms with Crippen LogP contribution in [0.5, 0.6) is 0 Å². The molecule has 0 aromatic carbocycles. The number of alkyl halides is 1. The fraction of sp³-hybridized carbons (Fsp3) is 0.333. The van der Waals surface area contributed by atoms with Crippen LogP contribution in [0.2, 0.25) is 0 Å². The minimum atomic E-state index is 0. The Kier molecular flexibility index (Phi) is 16.6. The Morgan fingerprint density at radius 3 is 2.00 bits per heavy atom. The molecule has 0 amide bonds. The lowest BCUT2D eigenvalue weighted by Crippen LogP contribution is -1.43. The van der Waals surface area contributed by atoms with Gasteiger partial charge >= 0.3 is 23.1 Å². The molecule has 0 aliphatic carbocycles. The van der Waals surface area contributed by atoms with Gasteiger partial charge in [0.15, 0.2) is 0 Å². The Hall–Kier alpha value is 0.986. The lowest BCUT2D eigenvalue weighted by molar-refractivity contribution is 1.85. The summed E-state index contributed by atoms with van der Waals surface area (Å²) in [6, 6.07) is 0. The zero-order valence-electron chi connectivity index (χ0n) is 2.24. The van der Waals surface area contributed by atoms with E-state index in [2.05, 4.69) is 15.9 Å². The lowest BCUT2D eigenvalue weighted by atomic mass is 10.8. The first kappa shape index (κ1) is 9.37. The van der Waals surface area contributed by atoms with Crippen molar-refractivity contribution < 1.29 is 0 Å². The Labute approximate surface area is 56.9 Å². The largest absolute Gasteiger partial charge is 0.316 e. The number of rotatable bonds is 1. The molecule has 0 aromatic heterocycles. The summed E-state index contributed by atoms with van der Waals surface area (Å²) in [7, 11) is 0. The average Bonchev–Trinajstić information content (AvgIpc) is 1.37. The van der Waals surface area contributed by atoms with E-state index in [0.717, 1.165) is 5.33 Å². The highest BCUT2D eigenvalue weighted by Gasteiger charge is 1.48. The maximum absolute atomic E-state index is 4.86. The summed E-state index contributed by atoms with van der Waals surface area (Å²) in [5, 5.41) is 0.785. The Bertz CT molecular complexity index is 20.9. The van der Waals surface area contributed by atoms with E-state index in [0.29, 0.717) is 0 Å². The van der Waals surface area contributed by atoms with E-state index in [9.17, 15) is 0 Å². The van der Waals surface area contributed by atoms with Crippen LogP contribution in [0.4, 0.5) is 0 Å². The van der Waals surface area contributed by atoms with Gasteiger partial charge in [0.2, 0.25) is 0 Å². The van der Waals surface area contributed by atoms with Gasteiger partial charge in [0.25, 0.3) is 0 Å². The lowest BCUT2D eigenvalue weighted by Gasteiger charge is -1.55. The number of hydrogen-bond donors (Lipinski definition) is 0. The van der Waals surface area contributed by atoms with Crippen LogP contribution in [0.3, 0.4) is 0 Å². The maximum atomic E-state index is 4.86. The molecule has 0 rings (SSSR count). The van der Waals surface area contributed by atoms with Crippen LogP contribution in [0.1, 0.15) is 0 Å². The van der Waals surface area contributed by atoms with Gasteiger partial charge in [0.1, 0.15) is 0 Å². The molecule has 0 saturated heterocycles. The molecule has 0 unspecified atom stereocenters. The van der Waals surface area contributed by atoms with E-state index in [1.54, 1.807) is 6.08 Å². The third-order valence-corrected chi connectivity index (χ3v) is 0.463. The molecule has 0 saturated carbocycles. The van der Waals surface area contributed by atoms with E-state index < -0.39 is 0 Å². The van der Waals surface area contributed by atoms with E-state index in [-0.39, 0.29) is 23.1 Å². The van der Waals surface area contributed by atoms with Crippen LogP contribution in [-0.2, 0) is 0 Å². The second-order valence-electron chi connectivity index (χ2n) is 0.390. The van der Waals surface area contributed by atoms with Crippen molar-refractivity contribution in [3.63, 3.8) is 0 Å². The van der Waals surface area contributed by atoms with Gasteiger partial charge in [-0.25, -0.2) is 0 Å². The highest BCUT2D eigenvalue weighted by atomic mass is 79.9. The van der Waals surface area contributed by atoms with Crippen molar-refractivity contribution in [2.75, 3.05) is 5.33 Å². The number of allylic oxidation sites excluding steroid dienone is 1. The van der Waals surface area contributed by atoms with E-state index in [4.69, 9.17) is 6.58 Å². The first-order chi connectivity index (χ1) is 1.91. The minimum Gasteiger partial charge on any atom is -0.0883 e. The molecule has 0 aromatic rings. The van der Waals surface area contributed by atoms with Crippen molar-refractivity contribution >= 4 is 39.0 Å². The van der Waals surface area contributed by atoms with Gasteiger partial charge in [-0.05, 0) is 0 Å². The van der Waals surface area contributed by atoms with Crippen LogP contribution in [-0.4, -0.2) is 28.4 Å². The van der Waals surface area contributed by atoms with Crippen molar-refractivity contribution in [2.45, 2.75) is 0 Å². The van der Waals surface area contributed by atoms with Gasteiger partial charge in [-0.1, -0.05) is 28.6 Å². The van der Waals surface area contributed by atoms with Gasteiger partial charge in [0, 0.05) is 5.33 Å². The third kappa shape index (κ3) is 11.3. The third-order valence-electron chi connectivity index (χ3n) is 0.0891. The summed E-state index contributed by atoms with van der Waals surface area (Å²) in [5.74, 6) is 0. The van der Waals surface area contributed by atoms with Crippen LogP contribution >= 0.6 is 15.9 Å². The molecule has 5 heavy (non-hydrogen) atoms. The molecule has 0 heterocycles. The predicted octanol–water partition coefficient (Wildman–Crippen LogP) is 0.454. The van der Waals surface area contributed by atoms with Gasteiger partial charge in [0.05, 0.1) is 0 Å². The molecule has 0 atom stereocenters. The first-order valence-corrected chi connectivity index (χ1v) is 2.13. The predicted molar refractivity (Wildman–Crippen MR) is 31.2 cm³/mol. The Morgan fingerprint density at radius 2 is 2.00 bits per heavy atom. The second-order valence-corrected chi connectivity index (χ2v) is 1.04. The highest BCUT2D eigenvalue weighted by molar-refractivity contribution is 9.09. The molecule has 2 heteroatoms. The summed E-state index contributed by atoms with van der Waals surface area (Å²) in [5.41, 5.74) is 0. The quantitative estimate of drug-likeness (QED) is 0.372. The Balaban J connectivity index is 0. The van der Waals surface area contributed by atoms with E-state index >= 15 is 0 Å². The van der Waals surface area contributed by atoms with Crippen molar-refractivity contribution in [1.82, 2.24) is 0 Å². The molecule has 0 aliphatic heterocycles. The van der Waals surface area contributed by atoms with Crippen molar-refractivity contribution in [3.8, 4) is 0 Å². The molecular weight excluding hydrogens is 140 g/mol. The fourth-order valence-electron chi connectivity index (χ4n) is 0. The van der Waals surface area contributed by atoms with Crippen LogP contribution in [0.15, 0.2) is 6.08 Å². The van der Waals surface area contributed by atoms with Gasteiger partial charge in [-0.15, -0.1) is 0 Å². The van der Waals surface area contributed by atoms with Crippen molar-refractivity contribution in [3.05, 3.63) is 12.7 Å². The number of halogens is 1. The van der Waals surface area contributed by atoms with Crippen molar-refractivity contribution in [2.24, 2.45) is 0 Å². The molecule has 0 spiro atoms. The molecule has 0 nitrogen and oxygen atoms in total. The zero-order valence-corrected chi connectivity index (χ0v) is 3.83. The summed E-state index contributed by atoms with van der Waals surface area (Å²) in [6.07, 6.45) is 1.54. The molecular formula is C3H6BrMg. The fourth-order valence-corrected chi connectivity index (χ4v) is 0. The van der Waals surface area contributed by atoms with Gasteiger partial charge in [-0.2, -0.15) is 0 Å². The van der Waals surface area contributed by atoms with E-state index in [1.807, 2.05) is 0 Å². The summed E-state index contributed by atoms with van der Waals surface area (Å²) in [6.45, 7) is 4.86. The second kappa shape index (κ2) is 8.88. The standard InChI is InChI=1S/C3H4Br.Mg.2H/c1-2-3-4;;;/h1-2H,3H2;;;. The van der Waals surface area contributed by atoms with Crippen LogP contribution < -0.4 is 0 Å². The molecule has 0 aliphatic rings. The maximum Gasteiger partial charge on any atom is 0.316 e. The van der Waals surface area contributed by atoms with Gasteiger partial charge in [-0.3, -0.25) is 0 Å². The first-order valence-electron chi connectivity index (χ1n) is 1.01. The van der Waals surface area contributed by atoms with Crippen LogP contribution in [0, 0.1) is 6.58 Å². The summed E-state index contributed by atoms with van der Waals surface area (Å²) in [4.78, 5) is 0. The highest BCUT2D eigenvalue weighted by Crippen LogP contribution is 1.73. The van der Waals surface area contributed by atoms with Gasteiger partial charge < -0.3 is 0 Å². The SMILES string of the molecule is [CH]=CCBr.[MgH2]. The number of hydrogen-bond acceptors (Lipinski definition) is 0. The topological polar surface area (TPSA) is 0 Å². The molecule has 27 valence electrons. The Morgan fingerprint density at radius 1 is 1.80 bits per heavy atom. The smallest absolute Gasteiger partial charge is 0.0883 e.